The van der Waals surface area contributed by atoms with Crippen LogP contribution in [-0.4, -0.2) is 22.1 Å². The van der Waals surface area contributed by atoms with Gasteiger partial charge in [-0.15, -0.1) is 0 Å². The molecule has 3 N–H and O–H groups in total. The number of carbonyl (C=O) groups excluding carboxylic acids is 1. The number of aromatic nitrogens is 2. The van der Waals surface area contributed by atoms with Crippen LogP contribution in [0.5, 0.6) is 0 Å². The molecule has 5 nitrogen and oxygen atoms in total. The van der Waals surface area contributed by atoms with E-state index in [-0.39, 0.29) is 12.2 Å². The van der Waals surface area contributed by atoms with Crippen LogP contribution in [0.15, 0.2) is 42.6 Å². The number of hydrogen-bond acceptors (Lipinski definition) is 4. The lowest BCUT2D eigenvalue weighted by Crippen LogP contribution is -2.20. The second-order valence-corrected chi connectivity index (χ2v) is 6.98. The van der Waals surface area contributed by atoms with Crippen LogP contribution in [0.2, 0.25) is 0 Å². The first kappa shape index (κ1) is 18.2. The molecule has 0 spiro atoms. The van der Waals surface area contributed by atoms with Gasteiger partial charge in [-0.2, -0.15) is 13.2 Å². The number of hydrogen-bond donors (Lipinski definition) is 2. The number of nitrogen functional groups attached to an aromatic ring is 1. The Balaban J connectivity index is 1.63. The molecule has 28 heavy (non-hydrogen) atoms. The van der Waals surface area contributed by atoms with Crippen molar-refractivity contribution in [2.75, 3.05) is 11.1 Å². The Bertz CT molecular complexity index is 1080. The van der Waals surface area contributed by atoms with E-state index in [1.54, 1.807) is 6.07 Å². The molecule has 3 aromatic rings. The van der Waals surface area contributed by atoms with Crippen LogP contribution in [0, 0.1) is 18.8 Å². The van der Waals surface area contributed by atoms with Gasteiger partial charge >= 0.3 is 6.18 Å². The Morgan fingerprint density at radius 1 is 1.25 bits per heavy atom. The average Bonchev–Trinajstić information content (AvgIpc) is 3.43. The topological polar surface area (TPSA) is 80.9 Å². The van der Waals surface area contributed by atoms with Gasteiger partial charge in [0.05, 0.1) is 17.5 Å². The molecule has 0 bridgehead atoms. The number of nitrogens with two attached hydrogens (primary N) is 1. The van der Waals surface area contributed by atoms with Crippen LogP contribution >= 0.6 is 0 Å². The van der Waals surface area contributed by atoms with E-state index < -0.39 is 23.9 Å². The summed E-state index contributed by atoms with van der Waals surface area (Å²) in [6, 6.07) is 11.1. The number of amides is 1. The molecule has 2 atom stereocenters. The highest BCUT2D eigenvalue weighted by Gasteiger charge is 2.58. The Labute approximate surface area is 158 Å². The monoisotopic (exact) mass is 386 g/mol. The number of anilines is 2. The molecule has 2 heterocycles. The van der Waals surface area contributed by atoms with Crippen LogP contribution in [0.3, 0.4) is 0 Å². The third-order valence-electron chi connectivity index (χ3n) is 4.96. The molecular formula is C20H17F3N4O. The van der Waals surface area contributed by atoms with Gasteiger partial charge < -0.3 is 11.1 Å². The van der Waals surface area contributed by atoms with Crippen LogP contribution in [-0.2, 0) is 4.79 Å². The SMILES string of the molecule is Cc1ccccc1-c1cc2cc(NC(=O)C3C[C@@H]3C(F)(F)F)ncc2c(N)n1. The van der Waals surface area contributed by atoms with E-state index in [4.69, 9.17) is 5.73 Å². The maximum absolute atomic E-state index is 12.7. The number of rotatable bonds is 3. The van der Waals surface area contributed by atoms with Crippen molar-refractivity contribution < 1.29 is 18.0 Å². The first-order valence-corrected chi connectivity index (χ1v) is 8.74. The van der Waals surface area contributed by atoms with Crippen molar-refractivity contribution in [1.29, 1.82) is 0 Å². The Morgan fingerprint density at radius 2 is 2.00 bits per heavy atom. The maximum Gasteiger partial charge on any atom is 0.392 e. The molecule has 0 saturated heterocycles. The molecule has 1 aromatic carbocycles. The second-order valence-electron chi connectivity index (χ2n) is 6.98. The zero-order chi connectivity index (χ0) is 20.1. The fraction of sp³-hybridized carbons (Fsp3) is 0.250. The molecular weight excluding hydrogens is 369 g/mol. The number of fused-ring (bicyclic) bond motifs is 1. The first-order chi connectivity index (χ1) is 13.2. The van der Waals surface area contributed by atoms with Crippen LogP contribution in [0.1, 0.15) is 12.0 Å². The summed E-state index contributed by atoms with van der Waals surface area (Å²) in [4.78, 5) is 20.6. The predicted octanol–water partition coefficient (Wildman–Crippen LogP) is 4.32. The average molecular weight is 386 g/mol. The fourth-order valence-electron chi connectivity index (χ4n) is 3.31. The fourth-order valence-corrected chi connectivity index (χ4v) is 3.31. The summed E-state index contributed by atoms with van der Waals surface area (Å²) in [7, 11) is 0. The number of benzene rings is 1. The van der Waals surface area contributed by atoms with E-state index in [0.717, 1.165) is 11.1 Å². The van der Waals surface area contributed by atoms with E-state index in [9.17, 15) is 18.0 Å². The Kier molecular flexibility index (Phi) is 4.21. The largest absolute Gasteiger partial charge is 0.392 e. The maximum atomic E-state index is 12.7. The molecule has 1 saturated carbocycles. The minimum atomic E-state index is -4.35. The van der Waals surface area contributed by atoms with Crippen molar-refractivity contribution in [2.24, 2.45) is 11.8 Å². The van der Waals surface area contributed by atoms with Crippen molar-refractivity contribution in [3.05, 3.63) is 48.2 Å². The Morgan fingerprint density at radius 3 is 2.68 bits per heavy atom. The molecule has 144 valence electrons. The number of nitrogens with one attached hydrogen (secondary N) is 1. The zero-order valence-corrected chi connectivity index (χ0v) is 14.9. The van der Waals surface area contributed by atoms with E-state index >= 15 is 0 Å². The summed E-state index contributed by atoms with van der Waals surface area (Å²) in [6.07, 6.45) is -3.07. The summed E-state index contributed by atoms with van der Waals surface area (Å²) in [5, 5.41) is 3.78. The van der Waals surface area contributed by atoms with E-state index in [2.05, 4.69) is 15.3 Å². The minimum absolute atomic E-state index is 0.183. The molecule has 8 heteroatoms. The normalized spacial score (nSPS) is 18.9. The summed E-state index contributed by atoms with van der Waals surface area (Å²) in [5.41, 5.74) is 8.68. The van der Waals surface area contributed by atoms with Gasteiger partial charge in [0.1, 0.15) is 11.6 Å². The second kappa shape index (κ2) is 6.47. The zero-order valence-electron chi connectivity index (χ0n) is 14.9. The lowest BCUT2D eigenvalue weighted by atomic mass is 10.0. The highest BCUT2D eigenvalue weighted by atomic mass is 19.4. The number of nitrogens with zero attached hydrogens (tertiary/aromatic N) is 2. The standard InChI is InChI=1S/C20H17F3N4O/c1-10-4-2-3-5-12(10)16-6-11-7-17(25-9-14(11)18(24)26-16)27-19(28)13-8-15(13)20(21,22)23/h2-7,9,13,15H,8H2,1H3,(H2,24,26)(H,25,27,28)/t13?,15-/m0/s1. The smallest absolute Gasteiger partial charge is 0.383 e. The van der Waals surface area contributed by atoms with Gasteiger partial charge in [0, 0.05) is 17.1 Å². The molecule has 2 aromatic heterocycles. The lowest BCUT2D eigenvalue weighted by molar-refractivity contribution is -0.153. The van der Waals surface area contributed by atoms with Crippen molar-refractivity contribution in [1.82, 2.24) is 9.97 Å². The summed E-state index contributed by atoms with van der Waals surface area (Å²) >= 11 is 0. The predicted molar refractivity (Wildman–Crippen MR) is 100 cm³/mol. The quantitative estimate of drug-likeness (QED) is 0.702. The van der Waals surface area contributed by atoms with E-state index in [1.807, 2.05) is 37.3 Å². The molecule has 1 unspecified atom stereocenters. The molecule has 1 aliphatic rings. The molecule has 4 rings (SSSR count). The van der Waals surface area contributed by atoms with Crippen LogP contribution < -0.4 is 11.1 Å². The van der Waals surface area contributed by atoms with Crippen molar-refractivity contribution >= 4 is 28.3 Å². The molecule has 1 aliphatic carbocycles. The number of pyridine rings is 2. The molecule has 0 aliphatic heterocycles. The van der Waals surface area contributed by atoms with Gasteiger partial charge in [0.25, 0.3) is 0 Å². The summed E-state index contributed by atoms with van der Waals surface area (Å²) < 4.78 is 38.0. The molecule has 1 amide bonds. The van der Waals surface area contributed by atoms with E-state index in [1.165, 1.54) is 6.20 Å². The number of carbonyl (C=O) groups is 1. The number of aryl methyl sites for hydroxylation is 1. The highest BCUT2D eigenvalue weighted by Crippen LogP contribution is 2.50. The first-order valence-electron chi connectivity index (χ1n) is 8.74. The van der Waals surface area contributed by atoms with Gasteiger partial charge in [-0.3, -0.25) is 4.79 Å². The number of halogens is 3. The lowest BCUT2D eigenvalue weighted by Gasteiger charge is -2.10. The minimum Gasteiger partial charge on any atom is -0.383 e. The van der Waals surface area contributed by atoms with Gasteiger partial charge in [-0.1, -0.05) is 24.3 Å². The molecule has 1 fully saturated rings. The van der Waals surface area contributed by atoms with Gasteiger partial charge in [-0.05, 0) is 36.4 Å². The Hall–Kier alpha value is -3.16. The van der Waals surface area contributed by atoms with Crippen molar-refractivity contribution in [3.63, 3.8) is 0 Å². The summed E-state index contributed by atoms with van der Waals surface area (Å²) in [6.45, 7) is 1.96. The number of alkyl halides is 3. The van der Waals surface area contributed by atoms with Gasteiger partial charge in [-0.25, -0.2) is 9.97 Å². The third kappa shape index (κ3) is 3.37. The van der Waals surface area contributed by atoms with Crippen molar-refractivity contribution in [3.8, 4) is 11.3 Å². The highest BCUT2D eigenvalue weighted by molar-refractivity contribution is 5.98. The van der Waals surface area contributed by atoms with Crippen molar-refractivity contribution in [2.45, 2.75) is 19.5 Å². The van der Waals surface area contributed by atoms with Gasteiger partial charge in [0.2, 0.25) is 5.91 Å². The third-order valence-corrected chi connectivity index (χ3v) is 4.96. The summed E-state index contributed by atoms with van der Waals surface area (Å²) in [5.74, 6) is -2.81. The van der Waals surface area contributed by atoms with Gasteiger partial charge in [0.15, 0.2) is 0 Å². The van der Waals surface area contributed by atoms with Crippen LogP contribution in [0.4, 0.5) is 24.8 Å². The van der Waals surface area contributed by atoms with Crippen LogP contribution in [0.25, 0.3) is 22.0 Å². The van der Waals surface area contributed by atoms with E-state index in [0.29, 0.717) is 22.3 Å². The molecule has 0 radical (unpaired) electrons.